The minimum absolute atomic E-state index is 0.145. The summed E-state index contributed by atoms with van der Waals surface area (Å²) in [4.78, 5) is 16.7. The lowest BCUT2D eigenvalue weighted by Crippen LogP contribution is -2.57. The molecule has 3 aliphatic rings. The van der Waals surface area contributed by atoms with Crippen molar-refractivity contribution in [2.45, 2.75) is 25.0 Å². The van der Waals surface area contributed by atoms with E-state index in [4.69, 9.17) is 9.47 Å². The van der Waals surface area contributed by atoms with Crippen LogP contribution in [0.15, 0.2) is 0 Å². The van der Waals surface area contributed by atoms with Crippen LogP contribution >= 0.6 is 0 Å². The third kappa shape index (κ3) is 3.49. The topological polar surface area (TPSA) is 54.0 Å². The largest absolute Gasteiger partial charge is 0.378 e. The summed E-state index contributed by atoms with van der Waals surface area (Å²) in [6.45, 7) is 7.48. The Balaban J connectivity index is 1.41. The fourth-order valence-corrected chi connectivity index (χ4v) is 3.17. The molecule has 1 N–H and O–H groups in total. The van der Waals surface area contributed by atoms with Gasteiger partial charge in [0.15, 0.2) is 0 Å². The van der Waals surface area contributed by atoms with E-state index in [1.807, 2.05) is 4.90 Å². The maximum atomic E-state index is 12.3. The van der Waals surface area contributed by atoms with Crippen LogP contribution in [-0.2, 0) is 14.3 Å². The Hall–Kier alpha value is -0.690. The van der Waals surface area contributed by atoms with E-state index in [-0.39, 0.29) is 11.9 Å². The standard InChI is InChI=1S/C14H25N3O3/c18-14(13-11-19-9-3-15-13)17-6-4-16(5-7-17)10-12-2-1-8-20-12/h12-13,15H,1-11H2. The number of hydrogen-bond donors (Lipinski definition) is 1. The molecule has 3 saturated heterocycles. The van der Waals surface area contributed by atoms with E-state index in [1.54, 1.807) is 0 Å². The molecule has 3 aliphatic heterocycles. The minimum atomic E-state index is -0.145. The van der Waals surface area contributed by atoms with Crippen molar-refractivity contribution >= 4 is 5.91 Å². The summed E-state index contributed by atoms with van der Waals surface area (Å²) in [5.74, 6) is 0.196. The van der Waals surface area contributed by atoms with Crippen LogP contribution in [0.2, 0.25) is 0 Å². The lowest BCUT2D eigenvalue weighted by atomic mass is 10.2. The van der Waals surface area contributed by atoms with Crippen LogP contribution in [0.1, 0.15) is 12.8 Å². The highest BCUT2D eigenvalue weighted by Crippen LogP contribution is 2.14. The molecule has 6 nitrogen and oxygen atoms in total. The lowest BCUT2D eigenvalue weighted by molar-refractivity contribution is -0.138. The van der Waals surface area contributed by atoms with Gasteiger partial charge < -0.3 is 19.7 Å². The monoisotopic (exact) mass is 283 g/mol. The van der Waals surface area contributed by atoms with Crippen LogP contribution in [0.4, 0.5) is 0 Å². The molecule has 0 aromatic carbocycles. The van der Waals surface area contributed by atoms with Crippen LogP contribution in [0, 0.1) is 0 Å². The number of piperazine rings is 1. The fraction of sp³-hybridized carbons (Fsp3) is 0.929. The Bertz CT molecular complexity index is 320. The molecule has 2 unspecified atom stereocenters. The molecule has 0 aromatic rings. The highest BCUT2D eigenvalue weighted by molar-refractivity contribution is 5.82. The van der Waals surface area contributed by atoms with E-state index in [9.17, 15) is 4.79 Å². The maximum Gasteiger partial charge on any atom is 0.242 e. The number of nitrogens with one attached hydrogen (secondary N) is 1. The molecular formula is C14H25N3O3. The van der Waals surface area contributed by atoms with E-state index < -0.39 is 0 Å². The second kappa shape index (κ2) is 6.85. The second-order valence-electron chi connectivity index (χ2n) is 5.84. The van der Waals surface area contributed by atoms with E-state index >= 15 is 0 Å². The molecule has 0 aliphatic carbocycles. The molecule has 20 heavy (non-hydrogen) atoms. The quantitative estimate of drug-likeness (QED) is 0.742. The zero-order valence-corrected chi connectivity index (χ0v) is 12.1. The van der Waals surface area contributed by atoms with Crippen molar-refractivity contribution in [2.75, 3.05) is 59.1 Å². The number of carbonyl (C=O) groups is 1. The molecule has 1 amide bonds. The molecule has 0 bridgehead atoms. The average Bonchev–Trinajstić information content (AvgIpc) is 3.01. The van der Waals surface area contributed by atoms with Crippen molar-refractivity contribution in [3.8, 4) is 0 Å². The van der Waals surface area contributed by atoms with Gasteiger partial charge in [-0.15, -0.1) is 0 Å². The molecule has 0 spiro atoms. The van der Waals surface area contributed by atoms with E-state index in [1.165, 1.54) is 12.8 Å². The van der Waals surface area contributed by atoms with Gasteiger partial charge in [-0.25, -0.2) is 0 Å². The van der Waals surface area contributed by atoms with E-state index in [0.717, 1.165) is 45.9 Å². The molecule has 3 rings (SSSR count). The molecule has 3 fully saturated rings. The van der Waals surface area contributed by atoms with Crippen LogP contribution in [0.3, 0.4) is 0 Å². The summed E-state index contributed by atoms with van der Waals surface area (Å²) < 4.78 is 11.0. The average molecular weight is 283 g/mol. The number of ether oxygens (including phenoxy) is 2. The Morgan fingerprint density at radius 3 is 2.70 bits per heavy atom. The number of hydrogen-bond acceptors (Lipinski definition) is 5. The fourth-order valence-electron chi connectivity index (χ4n) is 3.17. The van der Waals surface area contributed by atoms with Crippen molar-refractivity contribution in [2.24, 2.45) is 0 Å². The summed E-state index contributed by atoms with van der Waals surface area (Å²) in [6, 6.07) is -0.145. The van der Waals surface area contributed by atoms with Gasteiger partial charge in [-0.2, -0.15) is 0 Å². The predicted octanol–water partition coefficient (Wildman–Crippen LogP) is -0.702. The molecule has 0 radical (unpaired) electrons. The van der Waals surface area contributed by atoms with Gasteiger partial charge in [0.25, 0.3) is 0 Å². The first-order valence-electron chi connectivity index (χ1n) is 7.77. The minimum Gasteiger partial charge on any atom is -0.378 e. The normalized spacial score (nSPS) is 32.5. The predicted molar refractivity (Wildman–Crippen MR) is 74.6 cm³/mol. The van der Waals surface area contributed by atoms with Gasteiger partial charge in [0.2, 0.25) is 5.91 Å². The van der Waals surface area contributed by atoms with Gasteiger partial charge in [-0.1, -0.05) is 0 Å². The SMILES string of the molecule is O=C(C1COCCN1)N1CCN(CC2CCCO2)CC1. The molecule has 114 valence electrons. The van der Waals surface area contributed by atoms with Gasteiger partial charge in [0, 0.05) is 45.9 Å². The first-order chi connectivity index (χ1) is 9.83. The molecule has 0 saturated carbocycles. The summed E-state index contributed by atoms with van der Waals surface area (Å²) in [7, 11) is 0. The van der Waals surface area contributed by atoms with Gasteiger partial charge in [-0.05, 0) is 12.8 Å². The number of rotatable bonds is 3. The zero-order chi connectivity index (χ0) is 13.8. The highest BCUT2D eigenvalue weighted by Gasteiger charge is 2.29. The summed E-state index contributed by atoms with van der Waals surface area (Å²) in [5, 5.41) is 3.24. The van der Waals surface area contributed by atoms with Crippen molar-refractivity contribution < 1.29 is 14.3 Å². The smallest absolute Gasteiger partial charge is 0.242 e. The third-order valence-electron chi connectivity index (χ3n) is 4.39. The molecule has 6 heteroatoms. The van der Waals surface area contributed by atoms with Gasteiger partial charge in [-0.3, -0.25) is 9.69 Å². The number of carbonyl (C=O) groups excluding carboxylic acids is 1. The molecule has 0 aromatic heterocycles. The van der Waals surface area contributed by atoms with Crippen LogP contribution in [-0.4, -0.2) is 86.9 Å². The number of amides is 1. The Kier molecular flexibility index (Phi) is 4.88. The van der Waals surface area contributed by atoms with Crippen molar-refractivity contribution in [3.05, 3.63) is 0 Å². The van der Waals surface area contributed by atoms with Crippen LogP contribution in [0.25, 0.3) is 0 Å². The van der Waals surface area contributed by atoms with Crippen LogP contribution < -0.4 is 5.32 Å². The van der Waals surface area contributed by atoms with Gasteiger partial charge in [0.05, 0.1) is 19.3 Å². The Morgan fingerprint density at radius 1 is 1.20 bits per heavy atom. The van der Waals surface area contributed by atoms with Gasteiger partial charge >= 0.3 is 0 Å². The summed E-state index contributed by atoms with van der Waals surface area (Å²) in [5.41, 5.74) is 0. The zero-order valence-electron chi connectivity index (χ0n) is 12.1. The molecule has 2 atom stereocenters. The lowest BCUT2D eigenvalue weighted by Gasteiger charge is -2.37. The Morgan fingerprint density at radius 2 is 2.05 bits per heavy atom. The number of nitrogens with zero attached hydrogens (tertiary/aromatic N) is 2. The first-order valence-corrected chi connectivity index (χ1v) is 7.77. The van der Waals surface area contributed by atoms with Gasteiger partial charge in [0.1, 0.15) is 6.04 Å². The maximum absolute atomic E-state index is 12.3. The van der Waals surface area contributed by atoms with Crippen molar-refractivity contribution in [1.29, 1.82) is 0 Å². The number of morpholine rings is 1. The van der Waals surface area contributed by atoms with Crippen LogP contribution in [0.5, 0.6) is 0 Å². The van der Waals surface area contributed by atoms with Crippen molar-refractivity contribution in [1.82, 2.24) is 15.1 Å². The highest BCUT2D eigenvalue weighted by atomic mass is 16.5. The Labute approximate surface area is 120 Å². The third-order valence-corrected chi connectivity index (χ3v) is 4.39. The molecular weight excluding hydrogens is 258 g/mol. The second-order valence-corrected chi connectivity index (χ2v) is 5.84. The first kappa shape index (κ1) is 14.3. The van der Waals surface area contributed by atoms with E-state index in [2.05, 4.69) is 10.2 Å². The molecule has 3 heterocycles. The summed E-state index contributed by atoms with van der Waals surface area (Å²) >= 11 is 0. The summed E-state index contributed by atoms with van der Waals surface area (Å²) in [6.07, 6.45) is 2.78. The van der Waals surface area contributed by atoms with Crippen molar-refractivity contribution in [3.63, 3.8) is 0 Å². The van der Waals surface area contributed by atoms with E-state index in [0.29, 0.717) is 19.3 Å².